The third-order valence-electron chi connectivity index (χ3n) is 2.67. The van der Waals surface area contributed by atoms with E-state index in [2.05, 4.69) is 20.1 Å². The van der Waals surface area contributed by atoms with E-state index in [9.17, 15) is 8.42 Å². The van der Waals surface area contributed by atoms with Crippen LogP contribution in [0.1, 0.15) is 6.42 Å². The summed E-state index contributed by atoms with van der Waals surface area (Å²) in [7, 11) is -3.62. The maximum atomic E-state index is 12.1. The molecule has 2 rings (SSSR count). The monoisotopic (exact) mass is 296 g/mol. The Hall–Kier alpha value is -1.97. The topological polar surface area (TPSA) is 115 Å². The van der Waals surface area contributed by atoms with Crippen LogP contribution in [0.2, 0.25) is 0 Å². The first-order chi connectivity index (χ1) is 9.63. The molecule has 0 spiro atoms. The van der Waals surface area contributed by atoms with Crippen molar-refractivity contribution in [1.29, 1.82) is 0 Å². The first-order valence-electron chi connectivity index (χ1n) is 5.99. The molecule has 9 heteroatoms. The largest absolute Gasteiger partial charge is 0.337 e. The molecule has 0 unspecified atom stereocenters. The van der Waals surface area contributed by atoms with Gasteiger partial charge in [-0.05, 0) is 12.5 Å². The van der Waals surface area contributed by atoms with Crippen LogP contribution in [0.4, 0.5) is 5.69 Å². The number of nitrogens with zero attached hydrogens (tertiary/aromatic N) is 3. The molecule has 8 nitrogen and oxygen atoms in total. The zero-order valence-electron chi connectivity index (χ0n) is 10.7. The number of hydrogen-bond donors (Lipinski definition) is 3. The lowest BCUT2D eigenvalue weighted by molar-refractivity contribution is 0.569. The van der Waals surface area contributed by atoms with Gasteiger partial charge in [0, 0.05) is 37.9 Å². The number of sulfonamides is 1. The molecule has 0 aliphatic carbocycles. The van der Waals surface area contributed by atoms with Crippen LogP contribution in [0.25, 0.3) is 0 Å². The summed E-state index contributed by atoms with van der Waals surface area (Å²) in [4.78, 5) is 7.75. The summed E-state index contributed by atoms with van der Waals surface area (Å²) in [6.07, 6.45) is 8.57. The van der Waals surface area contributed by atoms with E-state index in [4.69, 9.17) is 5.84 Å². The van der Waals surface area contributed by atoms with Gasteiger partial charge in [-0.1, -0.05) is 0 Å². The predicted molar refractivity (Wildman–Crippen MR) is 74.1 cm³/mol. The van der Waals surface area contributed by atoms with Gasteiger partial charge in [-0.3, -0.25) is 10.8 Å². The number of pyridine rings is 1. The van der Waals surface area contributed by atoms with E-state index in [1.165, 1.54) is 18.5 Å². The van der Waals surface area contributed by atoms with Crippen LogP contribution in [-0.2, 0) is 16.6 Å². The van der Waals surface area contributed by atoms with Gasteiger partial charge in [0.15, 0.2) is 0 Å². The van der Waals surface area contributed by atoms with Crippen LogP contribution in [0.3, 0.4) is 0 Å². The lowest BCUT2D eigenvalue weighted by Crippen LogP contribution is -2.27. The second-order valence-electron chi connectivity index (χ2n) is 4.07. The smallest absolute Gasteiger partial charge is 0.244 e. The van der Waals surface area contributed by atoms with E-state index >= 15 is 0 Å². The molecule has 0 saturated carbocycles. The Morgan fingerprint density at radius 3 is 2.85 bits per heavy atom. The Labute approximate surface area is 117 Å². The minimum atomic E-state index is -3.62. The molecular weight excluding hydrogens is 280 g/mol. The molecule has 2 aromatic heterocycles. The SMILES string of the molecule is NNc1ccncc1S(=O)(=O)NCCCn1ccnc1. The van der Waals surface area contributed by atoms with Crippen molar-refractivity contribution in [2.24, 2.45) is 5.84 Å². The van der Waals surface area contributed by atoms with Crippen molar-refractivity contribution < 1.29 is 8.42 Å². The van der Waals surface area contributed by atoms with E-state index in [0.717, 1.165) is 0 Å². The molecule has 4 N–H and O–H groups in total. The highest BCUT2D eigenvalue weighted by Crippen LogP contribution is 2.17. The van der Waals surface area contributed by atoms with Gasteiger partial charge in [0.05, 0.1) is 12.0 Å². The summed E-state index contributed by atoms with van der Waals surface area (Å²) in [5.41, 5.74) is 2.65. The van der Waals surface area contributed by atoms with Gasteiger partial charge in [0.25, 0.3) is 0 Å². The minimum absolute atomic E-state index is 0.0325. The lowest BCUT2D eigenvalue weighted by atomic mass is 10.4. The average Bonchev–Trinajstić information content (AvgIpc) is 2.97. The first kappa shape index (κ1) is 14.4. The molecule has 0 atom stereocenters. The fraction of sp³-hybridized carbons (Fsp3) is 0.273. The molecule has 0 amide bonds. The maximum absolute atomic E-state index is 12.1. The van der Waals surface area contributed by atoms with Crippen molar-refractivity contribution >= 4 is 15.7 Å². The van der Waals surface area contributed by atoms with Crippen LogP contribution in [-0.4, -0.2) is 29.5 Å². The number of aryl methyl sites for hydroxylation is 1. The summed E-state index contributed by atoms with van der Waals surface area (Å²) in [6.45, 7) is 1.01. The van der Waals surface area contributed by atoms with Crippen LogP contribution < -0.4 is 16.0 Å². The molecule has 20 heavy (non-hydrogen) atoms. The van der Waals surface area contributed by atoms with Crippen molar-refractivity contribution in [3.05, 3.63) is 37.2 Å². The Balaban J connectivity index is 1.94. The predicted octanol–water partition coefficient (Wildman–Crippen LogP) is -0.0677. The number of nitrogen functional groups attached to an aromatic ring is 1. The van der Waals surface area contributed by atoms with Crippen molar-refractivity contribution in [3.8, 4) is 0 Å². The van der Waals surface area contributed by atoms with E-state index in [-0.39, 0.29) is 4.90 Å². The quantitative estimate of drug-likeness (QED) is 0.374. The number of nitrogens with one attached hydrogen (secondary N) is 2. The normalized spacial score (nSPS) is 11.4. The van der Waals surface area contributed by atoms with Crippen molar-refractivity contribution in [2.75, 3.05) is 12.0 Å². The highest BCUT2D eigenvalue weighted by Gasteiger charge is 2.17. The fourth-order valence-electron chi connectivity index (χ4n) is 1.68. The minimum Gasteiger partial charge on any atom is -0.337 e. The number of imidazole rings is 1. The second kappa shape index (κ2) is 6.46. The molecule has 0 aliphatic rings. The third-order valence-corrected chi connectivity index (χ3v) is 4.16. The number of hydrogen-bond acceptors (Lipinski definition) is 6. The van der Waals surface area contributed by atoms with Gasteiger partial charge in [0.2, 0.25) is 10.0 Å². The summed E-state index contributed by atoms with van der Waals surface area (Å²) in [6, 6.07) is 1.50. The molecule has 0 aromatic carbocycles. The van der Waals surface area contributed by atoms with E-state index in [1.54, 1.807) is 12.5 Å². The first-order valence-corrected chi connectivity index (χ1v) is 7.48. The number of nitrogens with two attached hydrogens (primary N) is 1. The average molecular weight is 296 g/mol. The Morgan fingerprint density at radius 2 is 2.15 bits per heavy atom. The molecule has 0 radical (unpaired) electrons. The molecule has 0 bridgehead atoms. The molecule has 2 aromatic rings. The highest BCUT2D eigenvalue weighted by atomic mass is 32.2. The van der Waals surface area contributed by atoms with Gasteiger partial charge in [-0.2, -0.15) is 0 Å². The summed E-state index contributed by atoms with van der Waals surface area (Å²) in [5, 5.41) is 0. The van der Waals surface area contributed by atoms with Crippen LogP contribution in [0.5, 0.6) is 0 Å². The summed E-state index contributed by atoms with van der Waals surface area (Å²) in [5.74, 6) is 5.29. The molecule has 0 saturated heterocycles. The Kier molecular flexibility index (Phi) is 4.66. The van der Waals surface area contributed by atoms with Crippen LogP contribution in [0, 0.1) is 0 Å². The fourth-order valence-corrected chi connectivity index (χ4v) is 2.86. The van der Waals surface area contributed by atoms with Crippen LogP contribution >= 0.6 is 0 Å². The van der Waals surface area contributed by atoms with Crippen LogP contribution in [0.15, 0.2) is 42.1 Å². The standard InChI is InChI=1S/C11H16N6O2S/c12-16-10-2-4-13-8-11(10)20(18,19)15-3-1-6-17-7-5-14-9-17/h2,4-5,7-9,15H,1,3,6,12H2,(H,13,16). The second-order valence-corrected chi connectivity index (χ2v) is 5.80. The van der Waals surface area contributed by atoms with Crippen molar-refractivity contribution in [3.63, 3.8) is 0 Å². The van der Waals surface area contributed by atoms with Crippen molar-refractivity contribution in [1.82, 2.24) is 19.3 Å². The van der Waals surface area contributed by atoms with Gasteiger partial charge < -0.3 is 9.99 Å². The van der Waals surface area contributed by atoms with Gasteiger partial charge in [-0.25, -0.2) is 18.1 Å². The zero-order valence-corrected chi connectivity index (χ0v) is 11.5. The number of aromatic nitrogens is 3. The Bertz CT molecular complexity index is 641. The van der Waals surface area contributed by atoms with E-state index < -0.39 is 10.0 Å². The summed E-state index contributed by atoms with van der Waals surface area (Å²) < 4.78 is 28.6. The van der Waals surface area contributed by atoms with Gasteiger partial charge >= 0.3 is 0 Å². The van der Waals surface area contributed by atoms with Gasteiger partial charge in [-0.15, -0.1) is 0 Å². The number of hydrazine groups is 1. The molecule has 0 fully saturated rings. The number of anilines is 1. The molecular formula is C11H16N6O2S. The number of rotatable bonds is 7. The lowest BCUT2D eigenvalue weighted by Gasteiger charge is -2.10. The highest BCUT2D eigenvalue weighted by molar-refractivity contribution is 7.89. The van der Waals surface area contributed by atoms with E-state index in [1.807, 2.05) is 10.8 Å². The van der Waals surface area contributed by atoms with Gasteiger partial charge in [0.1, 0.15) is 4.90 Å². The van der Waals surface area contributed by atoms with E-state index in [0.29, 0.717) is 25.2 Å². The Morgan fingerprint density at radius 1 is 1.30 bits per heavy atom. The molecule has 108 valence electrons. The maximum Gasteiger partial charge on any atom is 0.244 e. The summed E-state index contributed by atoms with van der Waals surface area (Å²) >= 11 is 0. The molecule has 2 heterocycles. The zero-order chi connectivity index (χ0) is 14.4. The molecule has 0 aliphatic heterocycles. The van der Waals surface area contributed by atoms with Crippen molar-refractivity contribution in [2.45, 2.75) is 17.9 Å². The third kappa shape index (κ3) is 3.53.